The van der Waals surface area contributed by atoms with Crippen molar-refractivity contribution in [3.8, 4) is 11.1 Å². The Hall–Kier alpha value is -2.21. The molecule has 0 radical (unpaired) electrons. The van der Waals surface area contributed by atoms with Gasteiger partial charge in [0, 0.05) is 15.8 Å². The molecular weight excluding hydrogens is 414 g/mol. The first kappa shape index (κ1) is 22.1. The van der Waals surface area contributed by atoms with E-state index in [9.17, 15) is 5.02 Å². The zero-order chi connectivity index (χ0) is 20.5. The average Bonchev–Trinajstić information content (AvgIpc) is 2.64. The monoisotopic (exact) mass is 438 g/mol. The van der Waals surface area contributed by atoms with Crippen LogP contribution in [-0.4, -0.2) is 24.1 Å². The Morgan fingerprint density at radius 1 is 0.714 bits per heavy atom. The molecule has 0 heterocycles. The van der Waals surface area contributed by atoms with E-state index >= 15 is 0 Å². The van der Waals surface area contributed by atoms with Gasteiger partial charge in [-0.15, -0.1) is 0 Å². The number of hydrogen-bond donors (Lipinski definition) is 4. The molecule has 4 nitrogen and oxygen atoms in total. The summed E-state index contributed by atoms with van der Waals surface area (Å²) in [6.45, 7) is 5.48. The minimum Gasteiger partial charge on any atom is -0.433 e. The fourth-order valence-electron chi connectivity index (χ4n) is 2.61. The lowest BCUT2D eigenvalue weighted by Gasteiger charge is -2.08. The van der Waals surface area contributed by atoms with Crippen molar-refractivity contribution >= 4 is 41.4 Å². The molecule has 7 heteroatoms. The van der Waals surface area contributed by atoms with Crippen LogP contribution in [0.2, 0.25) is 13.6 Å². The van der Waals surface area contributed by atoms with E-state index in [1.807, 2.05) is 36.4 Å². The van der Waals surface area contributed by atoms with Crippen LogP contribution in [0, 0.1) is 6.92 Å². The van der Waals surface area contributed by atoms with Gasteiger partial charge in [-0.25, -0.2) is 0 Å². The van der Waals surface area contributed by atoms with Gasteiger partial charge >= 0.3 is 14.1 Å². The maximum atomic E-state index is 9.22. The van der Waals surface area contributed by atoms with Crippen LogP contribution in [0.15, 0.2) is 77.3 Å². The van der Waals surface area contributed by atoms with Crippen molar-refractivity contribution in [3.63, 3.8) is 0 Å². The smallest absolute Gasteiger partial charge is 0.406 e. The van der Waals surface area contributed by atoms with E-state index in [1.54, 1.807) is 13.6 Å². The molecule has 28 heavy (non-hydrogen) atoms. The quantitative estimate of drug-likeness (QED) is 0.416. The van der Waals surface area contributed by atoms with Crippen LogP contribution in [0.4, 0.5) is 11.4 Å². The molecule has 0 unspecified atom stereocenters. The molecular formula is C21H25B2BrN2O2. The van der Waals surface area contributed by atoms with Gasteiger partial charge < -0.3 is 20.5 Å². The maximum absolute atomic E-state index is 9.22. The number of aryl methyl sites for hydroxylation is 1. The number of anilines is 2. The second-order valence-corrected chi connectivity index (χ2v) is 7.51. The Balaban J connectivity index is 0.000000221. The van der Waals surface area contributed by atoms with Gasteiger partial charge in [0.05, 0.1) is 0 Å². The van der Waals surface area contributed by atoms with E-state index < -0.39 is 14.1 Å². The Bertz CT molecular complexity index is 857. The van der Waals surface area contributed by atoms with Crippen LogP contribution in [-0.2, 0) is 0 Å². The maximum Gasteiger partial charge on any atom is 0.406 e. The van der Waals surface area contributed by atoms with Crippen molar-refractivity contribution in [2.24, 2.45) is 0 Å². The minimum atomic E-state index is -0.528. The molecule has 0 aromatic heterocycles. The third kappa shape index (κ3) is 7.80. The zero-order valence-corrected chi connectivity index (χ0v) is 17.9. The Morgan fingerprint density at radius 3 is 1.68 bits per heavy atom. The Morgan fingerprint density at radius 2 is 1.21 bits per heavy atom. The highest BCUT2D eigenvalue weighted by Crippen LogP contribution is 2.22. The van der Waals surface area contributed by atoms with E-state index in [2.05, 4.69) is 69.7 Å². The van der Waals surface area contributed by atoms with Gasteiger partial charge in [-0.3, -0.25) is 0 Å². The molecule has 0 aliphatic heterocycles. The molecule has 0 aliphatic rings. The molecule has 4 N–H and O–H groups in total. The first-order chi connectivity index (χ1) is 13.3. The number of nitrogens with one attached hydrogen (secondary N) is 2. The lowest BCUT2D eigenvalue weighted by atomic mass is 9.88. The molecule has 0 atom stereocenters. The van der Waals surface area contributed by atoms with Gasteiger partial charge in [-0.1, -0.05) is 57.9 Å². The molecule has 3 aromatic carbocycles. The van der Waals surface area contributed by atoms with Gasteiger partial charge in [0.15, 0.2) is 0 Å². The van der Waals surface area contributed by atoms with E-state index in [4.69, 9.17) is 5.02 Å². The average molecular weight is 439 g/mol. The van der Waals surface area contributed by atoms with Crippen molar-refractivity contribution in [2.75, 3.05) is 10.5 Å². The summed E-state index contributed by atoms with van der Waals surface area (Å²) in [6.07, 6.45) is 0. The van der Waals surface area contributed by atoms with E-state index in [1.165, 1.54) is 16.7 Å². The van der Waals surface area contributed by atoms with Crippen molar-refractivity contribution < 1.29 is 10.0 Å². The summed E-state index contributed by atoms with van der Waals surface area (Å²) in [6, 6.07) is 24.1. The molecule has 0 saturated carbocycles. The highest BCUT2D eigenvalue weighted by atomic mass is 79.9. The number of rotatable bonds is 5. The first-order valence-electron chi connectivity index (χ1n) is 9.15. The van der Waals surface area contributed by atoms with Crippen molar-refractivity contribution in [1.29, 1.82) is 0 Å². The molecule has 144 valence electrons. The highest BCUT2D eigenvalue weighted by molar-refractivity contribution is 9.10. The van der Waals surface area contributed by atoms with Crippen molar-refractivity contribution in [3.05, 3.63) is 82.8 Å². The molecule has 0 aliphatic carbocycles. The zero-order valence-electron chi connectivity index (χ0n) is 16.4. The number of hydrogen-bond acceptors (Lipinski definition) is 4. The van der Waals surface area contributed by atoms with Crippen LogP contribution >= 0.6 is 15.9 Å². The topological polar surface area (TPSA) is 64.5 Å². The van der Waals surface area contributed by atoms with Crippen LogP contribution in [0.3, 0.4) is 0 Å². The summed E-state index contributed by atoms with van der Waals surface area (Å²) >= 11 is 3.32. The summed E-state index contributed by atoms with van der Waals surface area (Å²) < 4.78 is 1.04. The van der Waals surface area contributed by atoms with Crippen LogP contribution < -0.4 is 10.5 Å². The molecule has 0 bridgehead atoms. The largest absolute Gasteiger partial charge is 0.433 e. The van der Waals surface area contributed by atoms with E-state index in [0.29, 0.717) is 0 Å². The van der Waals surface area contributed by atoms with Crippen LogP contribution in [0.5, 0.6) is 0 Å². The van der Waals surface area contributed by atoms with Gasteiger partial charge in [0.2, 0.25) is 0 Å². The molecule has 0 spiro atoms. The minimum absolute atomic E-state index is 0.504. The molecule has 3 rings (SSSR count). The van der Waals surface area contributed by atoms with Crippen molar-refractivity contribution in [1.82, 2.24) is 0 Å². The van der Waals surface area contributed by atoms with Crippen LogP contribution in [0.25, 0.3) is 11.1 Å². The lowest BCUT2D eigenvalue weighted by Crippen LogP contribution is -2.19. The molecule has 0 saturated heterocycles. The van der Waals surface area contributed by atoms with Gasteiger partial charge in [-0.05, 0) is 68.1 Å². The normalized spacial score (nSPS) is 9.79. The highest BCUT2D eigenvalue weighted by Gasteiger charge is 2.03. The first-order valence-corrected chi connectivity index (χ1v) is 9.94. The van der Waals surface area contributed by atoms with E-state index in [0.717, 1.165) is 15.8 Å². The fraction of sp³-hybridized carbons (Fsp3) is 0.143. The molecule has 0 amide bonds. The lowest BCUT2D eigenvalue weighted by molar-refractivity contribution is 0.586. The number of halogens is 1. The SMILES string of the molecule is CB(O)Nc1ccc(-c2cccc(C)c2)cc1.CB(O)Nc1ccc(Br)cc1. The second-order valence-electron chi connectivity index (χ2n) is 6.59. The fourth-order valence-corrected chi connectivity index (χ4v) is 2.88. The second kappa shape index (κ2) is 11.0. The third-order valence-electron chi connectivity index (χ3n) is 3.83. The Labute approximate surface area is 176 Å². The predicted molar refractivity (Wildman–Crippen MR) is 126 cm³/mol. The summed E-state index contributed by atoms with van der Waals surface area (Å²) in [7, 11) is -1.03. The van der Waals surface area contributed by atoms with Gasteiger partial charge in [0.25, 0.3) is 0 Å². The molecule has 3 aromatic rings. The van der Waals surface area contributed by atoms with Gasteiger partial charge in [-0.2, -0.15) is 0 Å². The standard InChI is InChI=1S/C14H16BNO.C7H9BBrNO/c1-11-4-3-5-13(10-11)12-6-8-14(9-7-12)16-15(2)17;1-8(11)10-7-4-2-6(9)3-5-7/h3-10,16-17H,1-2H3;2-5,10-11H,1H3. The van der Waals surface area contributed by atoms with Crippen molar-refractivity contribution in [2.45, 2.75) is 20.6 Å². The van der Waals surface area contributed by atoms with E-state index in [-0.39, 0.29) is 0 Å². The van der Waals surface area contributed by atoms with Gasteiger partial charge in [0.1, 0.15) is 0 Å². The van der Waals surface area contributed by atoms with Crippen LogP contribution in [0.1, 0.15) is 5.56 Å². The predicted octanol–water partition coefficient (Wildman–Crippen LogP) is 5.16. The summed E-state index contributed by atoms with van der Waals surface area (Å²) in [4.78, 5) is 0. The Kier molecular flexibility index (Phi) is 8.64. The molecule has 0 fully saturated rings. The summed E-state index contributed by atoms with van der Waals surface area (Å²) in [5.41, 5.74) is 5.51. The number of benzene rings is 3. The summed E-state index contributed by atoms with van der Waals surface area (Å²) in [5.74, 6) is 0. The summed E-state index contributed by atoms with van der Waals surface area (Å²) in [5, 5.41) is 24.0. The third-order valence-corrected chi connectivity index (χ3v) is 4.36.